The van der Waals surface area contributed by atoms with Crippen LogP contribution < -0.4 is 11.1 Å². The van der Waals surface area contributed by atoms with Gasteiger partial charge in [-0.25, -0.2) is 0 Å². The van der Waals surface area contributed by atoms with Gasteiger partial charge in [-0.3, -0.25) is 4.79 Å². The summed E-state index contributed by atoms with van der Waals surface area (Å²) in [5, 5.41) is 3.03. The lowest BCUT2D eigenvalue weighted by Crippen LogP contribution is -2.35. The fourth-order valence-corrected chi connectivity index (χ4v) is 2.76. The number of hydrogen-bond donors (Lipinski definition) is 2. The number of furan rings is 1. The number of nitrogens with one attached hydrogen (secondary N) is 1. The van der Waals surface area contributed by atoms with Crippen molar-refractivity contribution in [2.75, 3.05) is 6.54 Å². The van der Waals surface area contributed by atoms with Gasteiger partial charge in [0.2, 0.25) is 0 Å². The summed E-state index contributed by atoms with van der Waals surface area (Å²) in [6.45, 7) is 3.31. The van der Waals surface area contributed by atoms with Gasteiger partial charge in [0, 0.05) is 6.54 Å². The molecule has 1 fully saturated rings. The third-order valence-electron chi connectivity index (χ3n) is 4.16. The quantitative estimate of drug-likeness (QED) is 0.874. The van der Waals surface area contributed by atoms with Crippen LogP contribution in [0, 0.1) is 5.41 Å². The maximum Gasteiger partial charge on any atom is 0.254 e. The molecule has 1 aliphatic rings. The highest BCUT2D eigenvalue weighted by atomic mass is 35.5. The van der Waals surface area contributed by atoms with Crippen LogP contribution in [0.2, 0.25) is 0 Å². The first-order valence-corrected chi connectivity index (χ1v) is 6.75. The molecule has 108 valence electrons. The Labute approximate surface area is 120 Å². The largest absolute Gasteiger partial charge is 0.467 e. The molecule has 0 aliphatic heterocycles. The van der Waals surface area contributed by atoms with Crippen LogP contribution in [-0.4, -0.2) is 12.5 Å². The van der Waals surface area contributed by atoms with E-state index in [4.69, 9.17) is 10.2 Å². The van der Waals surface area contributed by atoms with Crippen LogP contribution in [0.4, 0.5) is 0 Å². The van der Waals surface area contributed by atoms with Gasteiger partial charge in [0.1, 0.15) is 12.0 Å². The van der Waals surface area contributed by atoms with E-state index in [9.17, 15) is 4.79 Å². The lowest BCUT2D eigenvalue weighted by atomic mass is 9.83. The maximum absolute atomic E-state index is 12.0. The van der Waals surface area contributed by atoms with Crippen molar-refractivity contribution in [1.29, 1.82) is 0 Å². The Bertz CT molecular complexity index is 411. The minimum absolute atomic E-state index is 0. The normalized spacial score (nSPS) is 16.9. The highest BCUT2D eigenvalue weighted by Gasteiger charge is 2.32. The van der Waals surface area contributed by atoms with Gasteiger partial charge in [0.25, 0.3) is 5.91 Å². The minimum atomic E-state index is -0.0572. The fraction of sp³-hybridized carbons (Fsp3) is 0.643. The molecule has 0 aromatic carbocycles. The van der Waals surface area contributed by atoms with E-state index in [-0.39, 0.29) is 18.3 Å². The first-order chi connectivity index (χ1) is 8.69. The van der Waals surface area contributed by atoms with Crippen molar-refractivity contribution in [2.24, 2.45) is 11.1 Å². The summed E-state index contributed by atoms with van der Waals surface area (Å²) in [6.07, 6.45) is 7.63. The molecule has 0 radical (unpaired) electrons. The van der Waals surface area contributed by atoms with Crippen molar-refractivity contribution in [2.45, 2.75) is 45.6 Å². The molecule has 0 bridgehead atoms. The van der Waals surface area contributed by atoms with Gasteiger partial charge >= 0.3 is 0 Å². The van der Waals surface area contributed by atoms with Crippen LogP contribution >= 0.6 is 12.4 Å². The molecular weight excluding hydrogens is 264 g/mol. The van der Waals surface area contributed by atoms with Crippen molar-refractivity contribution in [3.63, 3.8) is 0 Å². The van der Waals surface area contributed by atoms with Gasteiger partial charge in [-0.05, 0) is 30.7 Å². The summed E-state index contributed by atoms with van der Waals surface area (Å²) in [5.74, 6) is 0.587. The van der Waals surface area contributed by atoms with Gasteiger partial charge in [0.15, 0.2) is 0 Å². The predicted molar refractivity (Wildman–Crippen MR) is 77.4 cm³/mol. The molecule has 3 N–H and O–H groups in total. The van der Waals surface area contributed by atoms with E-state index in [1.165, 1.54) is 31.9 Å². The zero-order valence-corrected chi connectivity index (χ0v) is 12.2. The van der Waals surface area contributed by atoms with Crippen molar-refractivity contribution >= 4 is 18.3 Å². The van der Waals surface area contributed by atoms with Crippen molar-refractivity contribution < 1.29 is 9.21 Å². The summed E-state index contributed by atoms with van der Waals surface area (Å²) >= 11 is 0. The number of carbonyl (C=O) groups excluding carboxylic acids is 1. The number of halogens is 1. The monoisotopic (exact) mass is 286 g/mol. The zero-order valence-electron chi connectivity index (χ0n) is 11.4. The molecule has 1 heterocycles. The third-order valence-corrected chi connectivity index (χ3v) is 4.16. The first-order valence-electron chi connectivity index (χ1n) is 6.75. The second-order valence-corrected chi connectivity index (χ2v) is 5.25. The van der Waals surface area contributed by atoms with Crippen LogP contribution in [0.25, 0.3) is 0 Å². The number of hydrogen-bond acceptors (Lipinski definition) is 3. The van der Waals surface area contributed by atoms with Gasteiger partial charge in [-0.1, -0.05) is 19.8 Å². The third kappa shape index (κ3) is 3.74. The number of amides is 1. The zero-order chi connectivity index (χ0) is 13.0. The molecule has 1 aromatic heterocycles. The van der Waals surface area contributed by atoms with E-state index in [0.717, 1.165) is 13.0 Å². The lowest BCUT2D eigenvalue weighted by molar-refractivity contribution is 0.0928. The van der Waals surface area contributed by atoms with Crippen LogP contribution in [0.1, 0.15) is 55.1 Å². The maximum atomic E-state index is 12.0. The molecule has 1 aliphatic carbocycles. The molecule has 0 spiro atoms. The molecule has 0 unspecified atom stereocenters. The highest BCUT2D eigenvalue weighted by Crippen LogP contribution is 2.40. The van der Waals surface area contributed by atoms with Gasteiger partial charge < -0.3 is 15.5 Å². The summed E-state index contributed by atoms with van der Waals surface area (Å²) in [5.41, 5.74) is 6.34. The molecule has 19 heavy (non-hydrogen) atoms. The summed E-state index contributed by atoms with van der Waals surface area (Å²) in [6, 6.07) is 1.71. The van der Waals surface area contributed by atoms with Gasteiger partial charge in [-0.15, -0.1) is 12.4 Å². The summed E-state index contributed by atoms with van der Waals surface area (Å²) < 4.78 is 5.17. The Morgan fingerprint density at radius 2 is 2.16 bits per heavy atom. The number of carbonyl (C=O) groups is 1. The Balaban J connectivity index is 0.00000180. The molecular formula is C14H23ClN2O2. The Hall–Kier alpha value is -1.00. The summed E-state index contributed by atoms with van der Waals surface area (Å²) in [4.78, 5) is 12.0. The minimum Gasteiger partial charge on any atom is -0.467 e. The van der Waals surface area contributed by atoms with E-state index in [1.54, 1.807) is 6.07 Å². The molecule has 5 heteroatoms. The van der Waals surface area contributed by atoms with Crippen molar-refractivity contribution in [3.05, 3.63) is 23.7 Å². The second kappa shape index (κ2) is 6.96. The van der Waals surface area contributed by atoms with E-state index >= 15 is 0 Å². The lowest BCUT2D eigenvalue weighted by Gasteiger charge is -2.27. The molecule has 0 saturated heterocycles. The van der Waals surface area contributed by atoms with Gasteiger partial charge in [-0.2, -0.15) is 0 Å². The average molecular weight is 287 g/mol. The predicted octanol–water partition coefficient (Wildman–Crippen LogP) is 2.86. The van der Waals surface area contributed by atoms with Crippen molar-refractivity contribution in [1.82, 2.24) is 5.32 Å². The molecule has 0 atom stereocenters. The Morgan fingerprint density at radius 3 is 2.68 bits per heavy atom. The Kier molecular flexibility index (Phi) is 5.88. The second-order valence-electron chi connectivity index (χ2n) is 5.25. The van der Waals surface area contributed by atoms with E-state index in [1.807, 2.05) is 0 Å². The molecule has 4 nitrogen and oxygen atoms in total. The Morgan fingerprint density at radius 1 is 1.47 bits per heavy atom. The molecule has 2 rings (SSSR count). The topological polar surface area (TPSA) is 68.3 Å². The van der Waals surface area contributed by atoms with Crippen molar-refractivity contribution in [3.8, 4) is 0 Å². The molecule has 1 saturated carbocycles. The molecule has 1 amide bonds. The molecule has 1 aromatic rings. The summed E-state index contributed by atoms with van der Waals surface area (Å²) in [7, 11) is 0. The van der Waals surface area contributed by atoms with Crippen LogP contribution in [0.15, 0.2) is 16.7 Å². The average Bonchev–Trinajstić information content (AvgIpc) is 3.05. The number of nitrogens with two attached hydrogens (primary N) is 1. The van der Waals surface area contributed by atoms with E-state index in [2.05, 4.69) is 12.2 Å². The van der Waals surface area contributed by atoms with Crippen LogP contribution in [-0.2, 0) is 6.54 Å². The fourth-order valence-electron chi connectivity index (χ4n) is 2.76. The number of rotatable bonds is 5. The van der Waals surface area contributed by atoms with Crippen LogP contribution in [0.3, 0.4) is 0 Å². The van der Waals surface area contributed by atoms with Gasteiger partial charge in [0.05, 0.1) is 12.1 Å². The van der Waals surface area contributed by atoms with Crippen LogP contribution in [0.5, 0.6) is 0 Å². The first kappa shape index (κ1) is 16.1. The standard InChI is InChI=1S/C14H22N2O2.ClH/c1-2-14(5-3-4-6-14)10-16-13(17)11-7-12(8-15)18-9-11;/h7,9H,2-6,8,10,15H2,1H3,(H,16,17);1H. The smallest absolute Gasteiger partial charge is 0.254 e. The SMILES string of the molecule is CCC1(CNC(=O)c2coc(CN)c2)CCCC1.Cl. The van der Waals surface area contributed by atoms with E-state index in [0.29, 0.717) is 23.3 Å². The highest BCUT2D eigenvalue weighted by molar-refractivity contribution is 5.94. The van der Waals surface area contributed by atoms with E-state index < -0.39 is 0 Å².